The summed E-state index contributed by atoms with van der Waals surface area (Å²) in [7, 11) is 1.53. The summed E-state index contributed by atoms with van der Waals surface area (Å²) in [6.07, 6.45) is 0. The third kappa shape index (κ3) is 3.66. The number of amides is 1. The van der Waals surface area contributed by atoms with Gasteiger partial charge in [-0.25, -0.2) is 14.2 Å². The van der Waals surface area contributed by atoms with Crippen LogP contribution in [0.15, 0.2) is 51.7 Å². The van der Waals surface area contributed by atoms with Crippen LogP contribution in [0.2, 0.25) is 0 Å². The highest BCUT2D eigenvalue weighted by atomic mass is 32.1. The van der Waals surface area contributed by atoms with E-state index in [0.29, 0.717) is 17.0 Å². The second kappa shape index (κ2) is 8.62. The fourth-order valence-electron chi connectivity index (χ4n) is 4.12. The maximum Gasteiger partial charge on any atom is 0.350 e. The number of aromatic nitrogens is 1. The molecule has 10 heteroatoms. The van der Waals surface area contributed by atoms with Crippen molar-refractivity contribution in [2.75, 3.05) is 18.6 Å². The number of hydrogen-bond donors (Lipinski definition) is 0. The number of benzene rings is 2. The zero-order chi connectivity index (χ0) is 24.9. The standard InChI is InChI=1S/C25H19FN2O6S/c1-4-33-24(31)22-12(2)27-25(35-22)28-19(13-5-8-15(32-3)9-6-13)18-20(29)16-11-14(26)7-10-17(16)34-21(18)23(28)30/h5-11,19H,4H2,1-3H3/t19-/m0/s1. The van der Waals surface area contributed by atoms with Crippen molar-refractivity contribution in [3.8, 4) is 5.75 Å². The van der Waals surface area contributed by atoms with Crippen LogP contribution in [0, 0.1) is 12.7 Å². The molecule has 0 saturated carbocycles. The molecular formula is C25H19FN2O6S. The first-order chi connectivity index (χ1) is 16.8. The third-order valence-electron chi connectivity index (χ3n) is 5.72. The van der Waals surface area contributed by atoms with E-state index in [1.54, 1.807) is 38.1 Å². The van der Waals surface area contributed by atoms with Crippen LogP contribution < -0.4 is 15.1 Å². The van der Waals surface area contributed by atoms with Crippen molar-refractivity contribution in [2.45, 2.75) is 19.9 Å². The number of methoxy groups -OCH3 is 1. The monoisotopic (exact) mass is 494 g/mol. The van der Waals surface area contributed by atoms with E-state index in [1.807, 2.05) is 0 Å². The molecule has 2 aromatic carbocycles. The van der Waals surface area contributed by atoms with Crippen molar-refractivity contribution in [3.63, 3.8) is 0 Å². The number of rotatable bonds is 5. The fourth-order valence-corrected chi connectivity index (χ4v) is 5.10. The van der Waals surface area contributed by atoms with Crippen molar-refractivity contribution < 1.29 is 27.9 Å². The molecule has 35 heavy (non-hydrogen) atoms. The first-order valence-corrected chi connectivity index (χ1v) is 11.5. The van der Waals surface area contributed by atoms with E-state index in [1.165, 1.54) is 18.1 Å². The number of halogens is 1. The molecule has 0 N–H and O–H groups in total. The molecule has 4 aromatic rings. The minimum Gasteiger partial charge on any atom is -0.497 e. The van der Waals surface area contributed by atoms with E-state index in [2.05, 4.69) is 4.98 Å². The normalized spacial score (nSPS) is 14.9. The molecule has 0 aliphatic carbocycles. The van der Waals surface area contributed by atoms with Crippen LogP contribution in [0.4, 0.5) is 9.52 Å². The highest BCUT2D eigenvalue weighted by Crippen LogP contribution is 2.43. The summed E-state index contributed by atoms with van der Waals surface area (Å²) in [4.78, 5) is 45.6. The van der Waals surface area contributed by atoms with Crippen molar-refractivity contribution in [2.24, 2.45) is 0 Å². The Morgan fingerprint density at radius 3 is 2.63 bits per heavy atom. The number of thiazole rings is 1. The summed E-state index contributed by atoms with van der Waals surface area (Å²) in [5.41, 5.74) is 0.639. The molecule has 1 amide bonds. The van der Waals surface area contributed by atoms with Crippen LogP contribution in [0.1, 0.15) is 50.0 Å². The molecule has 178 valence electrons. The van der Waals surface area contributed by atoms with E-state index in [-0.39, 0.29) is 38.9 Å². The minimum atomic E-state index is -0.909. The third-order valence-corrected chi connectivity index (χ3v) is 6.85. The van der Waals surface area contributed by atoms with Crippen molar-refractivity contribution in [1.82, 2.24) is 4.98 Å². The number of hydrogen-bond acceptors (Lipinski definition) is 8. The zero-order valence-electron chi connectivity index (χ0n) is 19.0. The number of anilines is 1. The molecule has 0 saturated heterocycles. The molecular weight excluding hydrogens is 475 g/mol. The highest BCUT2D eigenvalue weighted by molar-refractivity contribution is 7.17. The summed E-state index contributed by atoms with van der Waals surface area (Å²) >= 11 is 0.989. The minimum absolute atomic E-state index is 0.0273. The van der Waals surface area contributed by atoms with Crippen LogP contribution in [-0.2, 0) is 4.74 Å². The molecule has 8 nitrogen and oxygen atoms in total. The average Bonchev–Trinajstić information content (AvgIpc) is 3.37. The van der Waals surface area contributed by atoms with Crippen LogP contribution >= 0.6 is 11.3 Å². The second-order valence-electron chi connectivity index (χ2n) is 7.80. The molecule has 0 fully saturated rings. The maximum absolute atomic E-state index is 14.0. The lowest BCUT2D eigenvalue weighted by Gasteiger charge is -2.22. The van der Waals surface area contributed by atoms with Gasteiger partial charge in [-0.3, -0.25) is 14.5 Å². The van der Waals surface area contributed by atoms with E-state index >= 15 is 0 Å². The Labute approximate surface area is 202 Å². The molecule has 0 bridgehead atoms. The van der Waals surface area contributed by atoms with Crippen LogP contribution in [0.3, 0.4) is 0 Å². The first kappa shape index (κ1) is 22.7. The van der Waals surface area contributed by atoms with Gasteiger partial charge in [-0.15, -0.1) is 0 Å². The zero-order valence-corrected chi connectivity index (χ0v) is 19.8. The largest absolute Gasteiger partial charge is 0.497 e. The molecule has 2 aromatic heterocycles. The number of ether oxygens (including phenoxy) is 2. The van der Waals surface area contributed by atoms with Crippen molar-refractivity contribution in [3.05, 3.63) is 86.0 Å². The van der Waals surface area contributed by atoms with E-state index in [0.717, 1.165) is 23.5 Å². The van der Waals surface area contributed by atoms with E-state index in [4.69, 9.17) is 13.9 Å². The summed E-state index contributed by atoms with van der Waals surface area (Å²) < 4.78 is 30.1. The number of aryl methyl sites for hydroxylation is 1. The van der Waals surface area contributed by atoms with Crippen LogP contribution in [0.25, 0.3) is 11.0 Å². The SMILES string of the molecule is CCOC(=O)c1sc(N2C(=O)c3oc4ccc(F)cc4c(=O)c3[C@@H]2c2ccc(OC)cc2)nc1C. The molecule has 1 aliphatic heterocycles. The van der Waals surface area contributed by atoms with Gasteiger partial charge in [0.25, 0.3) is 5.91 Å². The van der Waals surface area contributed by atoms with Crippen LogP contribution in [-0.4, -0.2) is 30.6 Å². The van der Waals surface area contributed by atoms with Crippen molar-refractivity contribution in [1.29, 1.82) is 0 Å². The summed E-state index contributed by atoms with van der Waals surface area (Å²) in [5.74, 6) is -1.29. The van der Waals surface area contributed by atoms with Gasteiger partial charge in [-0.1, -0.05) is 23.5 Å². The number of carbonyl (C=O) groups excluding carboxylic acids is 2. The number of nitrogens with zero attached hydrogens (tertiary/aromatic N) is 2. The number of esters is 1. The summed E-state index contributed by atoms with van der Waals surface area (Å²) in [6, 6.07) is 9.51. The van der Waals surface area contributed by atoms with Gasteiger partial charge in [-0.05, 0) is 49.7 Å². The molecule has 0 unspecified atom stereocenters. The quantitative estimate of drug-likeness (QED) is 0.373. The number of carbonyl (C=O) groups is 2. The predicted octanol–water partition coefficient (Wildman–Crippen LogP) is 4.63. The molecule has 1 aliphatic rings. The summed E-state index contributed by atoms with van der Waals surface area (Å²) in [6.45, 7) is 3.53. The van der Waals surface area contributed by atoms with Gasteiger partial charge in [0.2, 0.25) is 5.76 Å². The molecule has 0 spiro atoms. The predicted molar refractivity (Wildman–Crippen MR) is 127 cm³/mol. The molecule has 3 heterocycles. The fraction of sp³-hybridized carbons (Fsp3) is 0.200. The topological polar surface area (TPSA) is 98.9 Å². The smallest absolute Gasteiger partial charge is 0.350 e. The lowest BCUT2D eigenvalue weighted by molar-refractivity contribution is 0.0531. The lowest BCUT2D eigenvalue weighted by atomic mass is 9.98. The molecule has 5 rings (SSSR count). The Morgan fingerprint density at radius 1 is 1.20 bits per heavy atom. The Kier molecular flexibility index (Phi) is 5.60. The Morgan fingerprint density at radius 2 is 1.94 bits per heavy atom. The van der Waals surface area contributed by atoms with Gasteiger partial charge in [0, 0.05) is 0 Å². The molecule has 0 radical (unpaired) electrons. The van der Waals surface area contributed by atoms with Crippen molar-refractivity contribution >= 4 is 39.3 Å². The van der Waals surface area contributed by atoms with Gasteiger partial charge >= 0.3 is 5.97 Å². The van der Waals surface area contributed by atoms with E-state index in [9.17, 15) is 18.8 Å². The Hall–Kier alpha value is -4.05. The first-order valence-electron chi connectivity index (χ1n) is 10.7. The highest BCUT2D eigenvalue weighted by Gasteiger charge is 2.45. The van der Waals surface area contributed by atoms with Gasteiger partial charge in [0.05, 0.1) is 36.4 Å². The van der Waals surface area contributed by atoms with E-state index < -0.39 is 29.2 Å². The average molecular weight is 495 g/mol. The van der Waals surface area contributed by atoms with Gasteiger partial charge in [-0.2, -0.15) is 0 Å². The molecule has 1 atom stereocenters. The van der Waals surface area contributed by atoms with Gasteiger partial charge in [0.1, 0.15) is 22.0 Å². The lowest BCUT2D eigenvalue weighted by Crippen LogP contribution is -2.29. The van der Waals surface area contributed by atoms with Gasteiger partial charge in [0.15, 0.2) is 10.6 Å². The van der Waals surface area contributed by atoms with Gasteiger partial charge < -0.3 is 13.9 Å². The van der Waals surface area contributed by atoms with Crippen LogP contribution in [0.5, 0.6) is 5.75 Å². The second-order valence-corrected chi connectivity index (χ2v) is 8.77. The summed E-state index contributed by atoms with van der Waals surface area (Å²) in [5, 5.41) is 0.233. The number of fused-ring (bicyclic) bond motifs is 2. The Bertz CT molecular complexity index is 1540. The Balaban J connectivity index is 1.74. The maximum atomic E-state index is 14.0.